The molecule has 108 valence electrons. The number of ether oxygens (including phenoxy) is 1. The number of nitrogens with one attached hydrogen (secondary N) is 1. The summed E-state index contributed by atoms with van der Waals surface area (Å²) in [7, 11) is 4.32. The molecule has 1 saturated carbocycles. The first-order chi connectivity index (χ1) is 8.52. The van der Waals surface area contributed by atoms with Crippen molar-refractivity contribution in [1.29, 1.82) is 0 Å². The summed E-state index contributed by atoms with van der Waals surface area (Å²) in [5.74, 6) is 1.68. The van der Waals surface area contributed by atoms with Gasteiger partial charge in [-0.2, -0.15) is 0 Å². The molecule has 1 aliphatic carbocycles. The van der Waals surface area contributed by atoms with Gasteiger partial charge in [-0.15, -0.1) is 0 Å². The van der Waals surface area contributed by atoms with E-state index >= 15 is 0 Å². The second kappa shape index (κ2) is 8.13. The summed E-state index contributed by atoms with van der Waals surface area (Å²) >= 11 is 0. The Hall–Kier alpha value is -0.120. The average Bonchev–Trinajstić information content (AvgIpc) is 2.28. The van der Waals surface area contributed by atoms with Gasteiger partial charge in [-0.05, 0) is 59.0 Å². The number of rotatable bonds is 7. The highest BCUT2D eigenvalue weighted by Crippen LogP contribution is 2.29. The topological polar surface area (TPSA) is 24.5 Å². The van der Waals surface area contributed by atoms with Gasteiger partial charge in [0.2, 0.25) is 0 Å². The molecule has 0 aromatic rings. The Labute approximate surface area is 113 Å². The van der Waals surface area contributed by atoms with Gasteiger partial charge in [0.25, 0.3) is 0 Å². The first-order valence-corrected chi connectivity index (χ1v) is 7.50. The van der Waals surface area contributed by atoms with Gasteiger partial charge < -0.3 is 15.0 Å². The normalized spacial score (nSPS) is 29.2. The summed E-state index contributed by atoms with van der Waals surface area (Å²) in [6, 6.07) is 0.703. The number of hydrogen-bond donors (Lipinski definition) is 1. The highest BCUT2D eigenvalue weighted by molar-refractivity contribution is 4.84. The van der Waals surface area contributed by atoms with Crippen LogP contribution in [0.3, 0.4) is 0 Å². The molecular formula is C15H32N2O. The predicted octanol–water partition coefficient (Wildman–Crippen LogP) is 2.37. The minimum absolute atomic E-state index is 0.346. The predicted molar refractivity (Wildman–Crippen MR) is 77.9 cm³/mol. The van der Waals surface area contributed by atoms with Crippen LogP contribution in [0.15, 0.2) is 0 Å². The van der Waals surface area contributed by atoms with Gasteiger partial charge in [-0.1, -0.05) is 6.92 Å². The largest absolute Gasteiger partial charge is 0.377 e. The summed E-state index contributed by atoms with van der Waals surface area (Å²) in [6.07, 6.45) is 4.42. The fourth-order valence-electron chi connectivity index (χ4n) is 3.02. The third-order valence-electron chi connectivity index (χ3n) is 4.09. The van der Waals surface area contributed by atoms with E-state index in [2.05, 4.69) is 45.1 Å². The molecule has 1 fully saturated rings. The summed E-state index contributed by atoms with van der Waals surface area (Å²) in [4.78, 5) is 2.43. The summed E-state index contributed by atoms with van der Waals surface area (Å²) in [5, 5.41) is 3.50. The monoisotopic (exact) mass is 256 g/mol. The van der Waals surface area contributed by atoms with Crippen LogP contribution in [0.1, 0.15) is 40.0 Å². The molecule has 0 radical (unpaired) electrons. The molecule has 0 heterocycles. The Morgan fingerprint density at radius 3 is 2.67 bits per heavy atom. The third-order valence-corrected chi connectivity index (χ3v) is 4.09. The van der Waals surface area contributed by atoms with E-state index < -0.39 is 0 Å². The Morgan fingerprint density at radius 1 is 1.33 bits per heavy atom. The van der Waals surface area contributed by atoms with E-state index in [9.17, 15) is 0 Å². The van der Waals surface area contributed by atoms with Crippen molar-refractivity contribution in [3.63, 3.8) is 0 Å². The zero-order chi connectivity index (χ0) is 13.5. The van der Waals surface area contributed by atoms with E-state index in [1.54, 1.807) is 0 Å². The molecule has 0 amide bonds. The molecule has 0 aromatic heterocycles. The fraction of sp³-hybridized carbons (Fsp3) is 1.00. The minimum atomic E-state index is 0.346. The van der Waals surface area contributed by atoms with Crippen LogP contribution in [0.4, 0.5) is 0 Å². The highest BCUT2D eigenvalue weighted by Gasteiger charge is 2.28. The molecule has 1 aliphatic rings. The van der Waals surface area contributed by atoms with Crippen molar-refractivity contribution in [2.45, 2.75) is 52.2 Å². The van der Waals surface area contributed by atoms with Gasteiger partial charge in [0.1, 0.15) is 0 Å². The van der Waals surface area contributed by atoms with Gasteiger partial charge in [0, 0.05) is 19.1 Å². The molecule has 3 heteroatoms. The van der Waals surface area contributed by atoms with Crippen LogP contribution in [0.25, 0.3) is 0 Å². The van der Waals surface area contributed by atoms with Crippen LogP contribution in [-0.4, -0.2) is 50.8 Å². The quantitative estimate of drug-likeness (QED) is 0.757. The molecule has 1 N–H and O–H groups in total. The Bertz CT molecular complexity index is 221. The van der Waals surface area contributed by atoms with Crippen molar-refractivity contribution < 1.29 is 4.74 Å². The lowest BCUT2D eigenvalue weighted by Crippen LogP contribution is -2.44. The van der Waals surface area contributed by atoms with Crippen LogP contribution in [0.2, 0.25) is 0 Å². The van der Waals surface area contributed by atoms with Gasteiger partial charge >= 0.3 is 0 Å². The first kappa shape index (κ1) is 15.9. The smallest absolute Gasteiger partial charge is 0.0596 e. The SMILES string of the molecule is CNC1CCC(C)CC1CN(C)CCOC(C)C. The molecule has 0 bridgehead atoms. The third kappa shape index (κ3) is 5.68. The van der Waals surface area contributed by atoms with Crippen LogP contribution in [-0.2, 0) is 4.74 Å². The molecule has 0 saturated heterocycles. The summed E-state index contributed by atoms with van der Waals surface area (Å²) in [6.45, 7) is 9.66. The van der Waals surface area contributed by atoms with E-state index in [-0.39, 0.29) is 0 Å². The Balaban J connectivity index is 2.29. The van der Waals surface area contributed by atoms with Crippen molar-refractivity contribution in [3.8, 4) is 0 Å². The second-order valence-electron chi connectivity index (χ2n) is 6.26. The Morgan fingerprint density at radius 2 is 2.06 bits per heavy atom. The van der Waals surface area contributed by atoms with Crippen molar-refractivity contribution in [2.75, 3.05) is 33.8 Å². The zero-order valence-corrected chi connectivity index (χ0v) is 12.9. The van der Waals surface area contributed by atoms with Gasteiger partial charge in [-0.3, -0.25) is 0 Å². The molecule has 3 atom stereocenters. The van der Waals surface area contributed by atoms with E-state index in [0.29, 0.717) is 12.1 Å². The van der Waals surface area contributed by atoms with Crippen LogP contribution < -0.4 is 5.32 Å². The van der Waals surface area contributed by atoms with Crippen LogP contribution in [0.5, 0.6) is 0 Å². The lowest BCUT2D eigenvalue weighted by molar-refractivity contribution is 0.0569. The summed E-state index contributed by atoms with van der Waals surface area (Å²) in [5.41, 5.74) is 0. The van der Waals surface area contributed by atoms with Gasteiger partial charge in [0.15, 0.2) is 0 Å². The second-order valence-corrected chi connectivity index (χ2v) is 6.26. The van der Waals surface area contributed by atoms with Crippen molar-refractivity contribution in [1.82, 2.24) is 10.2 Å². The van der Waals surface area contributed by atoms with E-state index in [1.807, 2.05) is 0 Å². The fourth-order valence-corrected chi connectivity index (χ4v) is 3.02. The van der Waals surface area contributed by atoms with E-state index in [1.165, 1.54) is 25.8 Å². The maximum absolute atomic E-state index is 5.62. The molecule has 0 aliphatic heterocycles. The van der Waals surface area contributed by atoms with Crippen molar-refractivity contribution >= 4 is 0 Å². The maximum Gasteiger partial charge on any atom is 0.0596 e. The highest BCUT2D eigenvalue weighted by atomic mass is 16.5. The van der Waals surface area contributed by atoms with Crippen LogP contribution >= 0.6 is 0 Å². The first-order valence-electron chi connectivity index (χ1n) is 7.50. The number of nitrogens with zero attached hydrogens (tertiary/aromatic N) is 1. The molecule has 18 heavy (non-hydrogen) atoms. The Kier molecular flexibility index (Phi) is 7.20. The number of hydrogen-bond acceptors (Lipinski definition) is 3. The van der Waals surface area contributed by atoms with Gasteiger partial charge in [-0.25, -0.2) is 0 Å². The molecular weight excluding hydrogens is 224 g/mol. The standard InChI is InChI=1S/C15H32N2O/c1-12(2)18-9-8-17(5)11-14-10-13(3)6-7-15(14)16-4/h12-16H,6-11H2,1-5H3. The molecule has 0 spiro atoms. The molecule has 3 unspecified atom stereocenters. The lowest BCUT2D eigenvalue weighted by atomic mass is 9.78. The average molecular weight is 256 g/mol. The maximum atomic E-state index is 5.62. The van der Waals surface area contributed by atoms with Crippen LogP contribution in [0, 0.1) is 11.8 Å². The van der Waals surface area contributed by atoms with E-state index in [0.717, 1.165) is 25.0 Å². The summed E-state index contributed by atoms with van der Waals surface area (Å²) < 4.78 is 5.62. The minimum Gasteiger partial charge on any atom is -0.377 e. The molecule has 0 aromatic carbocycles. The molecule has 3 nitrogen and oxygen atoms in total. The molecule has 1 rings (SSSR count). The lowest BCUT2D eigenvalue weighted by Gasteiger charge is -2.37. The van der Waals surface area contributed by atoms with Crippen molar-refractivity contribution in [2.24, 2.45) is 11.8 Å². The zero-order valence-electron chi connectivity index (χ0n) is 12.9. The van der Waals surface area contributed by atoms with Crippen molar-refractivity contribution in [3.05, 3.63) is 0 Å². The number of likely N-dealkylation sites (N-methyl/N-ethyl adjacent to an activating group) is 1. The van der Waals surface area contributed by atoms with Gasteiger partial charge in [0.05, 0.1) is 12.7 Å². The van der Waals surface area contributed by atoms with E-state index in [4.69, 9.17) is 4.74 Å².